The molecular formula is C22H20ClF2NO3. The third-order valence-corrected chi connectivity index (χ3v) is 5.07. The summed E-state index contributed by atoms with van der Waals surface area (Å²) in [5.41, 5.74) is 1.75. The summed E-state index contributed by atoms with van der Waals surface area (Å²) >= 11 is 6.09. The van der Waals surface area contributed by atoms with Gasteiger partial charge in [-0.2, -0.15) is 0 Å². The van der Waals surface area contributed by atoms with E-state index in [4.69, 9.17) is 16.3 Å². The number of rotatable bonds is 5. The Morgan fingerprint density at radius 3 is 2.52 bits per heavy atom. The Hall–Kier alpha value is -2.73. The van der Waals surface area contributed by atoms with Gasteiger partial charge in [-0.15, -0.1) is 0 Å². The molecular weight excluding hydrogens is 400 g/mol. The lowest BCUT2D eigenvalue weighted by molar-refractivity contribution is -0.140. The second-order valence-electron chi connectivity index (χ2n) is 6.79. The molecule has 0 N–H and O–H groups in total. The van der Waals surface area contributed by atoms with Gasteiger partial charge in [0.05, 0.1) is 18.7 Å². The van der Waals surface area contributed by atoms with E-state index in [0.717, 1.165) is 23.8 Å². The van der Waals surface area contributed by atoms with E-state index < -0.39 is 23.5 Å². The van der Waals surface area contributed by atoms with Gasteiger partial charge in [0, 0.05) is 29.1 Å². The second-order valence-corrected chi connectivity index (χ2v) is 7.23. The Bertz CT molecular complexity index is 970. The fraction of sp³-hybridized carbons (Fsp3) is 0.273. The molecule has 0 spiro atoms. The molecule has 152 valence electrons. The van der Waals surface area contributed by atoms with Crippen LogP contribution in [0.15, 0.2) is 53.7 Å². The van der Waals surface area contributed by atoms with Gasteiger partial charge in [-0.3, -0.25) is 4.79 Å². The number of carbonyl (C=O) groups is 2. The first-order valence-electron chi connectivity index (χ1n) is 9.18. The minimum atomic E-state index is -0.728. The number of hydrogen-bond donors (Lipinski definition) is 0. The van der Waals surface area contributed by atoms with Crippen molar-refractivity contribution in [3.63, 3.8) is 0 Å². The molecule has 2 aromatic carbocycles. The highest BCUT2D eigenvalue weighted by atomic mass is 35.5. The molecule has 0 fully saturated rings. The van der Waals surface area contributed by atoms with Crippen LogP contribution in [-0.4, -0.2) is 23.4 Å². The number of allylic oxidation sites excluding steroid dienone is 1. The van der Waals surface area contributed by atoms with Crippen LogP contribution in [0.3, 0.4) is 0 Å². The van der Waals surface area contributed by atoms with Gasteiger partial charge in [-0.1, -0.05) is 23.7 Å². The smallest absolute Gasteiger partial charge is 0.336 e. The normalized spacial score (nSPS) is 16.9. The Kier molecular flexibility index (Phi) is 6.33. The number of amides is 1. The van der Waals surface area contributed by atoms with Gasteiger partial charge >= 0.3 is 5.97 Å². The van der Waals surface area contributed by atoms with Crippen LogP contribution >= 0.6 is 11.6 Å². The molecule has 2 aromatic rings. The Morgan fingerprint density at radius 2 is 1.90 bits per heavy atom. The SMILES string of the molecule is CCOC(=O)C1=C(C)N(Cc2cc(F)cc(F)c2)C(=O)CC1c1cccc(Cl)c1. The van der Waals surface area contributed by atoms with Crippen molar-refractivity contribution in [1.82, 2.24) is 4.90 Å². The molecule has 4 nitrogen and oxygen atoms in total. The summed E-state index contributed by atoms with van der Waals surface area (Å²) < 4.78 is 32.3. The van der Waals surface area contributed by atoms with E-state index in [9.17, 15) is 18.4 Å². The maximum absolute atomic E-state index is 13.6. The van der Waals surface area contributed by atoms with Gasteiger partial charge in [0.25, 0.3) is 0 Å². The number of nitrogens with zero attached hydrogens (tertiary/aromatic N) is 1. The van der Waals surface area contributed by atoms with E-state index >= 15 is 0 Å². The van der Waals surface area contributed by atoms with Crippen molar-refractivity contribution in [2.45, 2.75) is 32.7 Å². The summed E-state index contributed by atoms with van der Waals surface area (Å²) in [5.74, 6) is -2.76. The van der Waals surface area contributed by atoms with Crippen LogP contribution in [0.1, 0.15) is 37.3 Å². The highest BCUT2D eigenvalue weighted by Gasteiger charge is 2.37. The average Bonchev–Trinajstić information content (AvgIpc) is 2.64. The highest BCUT2D eigenvalue weighted by molar-refractivity contribution is 6.30. The maximum atomic E-state index is 13.6. The molecule has 0 aliphatic carbocycles. The van der Waals surface area contributed by atoms with Gasteiger partial charge in [0.15, 0.2) is 0 Å². The summed E-state index contributed by atoms with van der Waals surface area (Å²) in [6.07, 6.45) is 0.0175. The first-order valence-corrected chi connectivity index (χ1v) is 9.56. The molecule has 3 rings (SSSR count). The van der Waals surface area contributed by atoms with Crippen molar-refractivity contribution >= 4 is 23.5 Å². The summed E-state index contributed by atoms with van der Waals surface area (Å²) in [6.45, 7) is 3.46. The quantitative estimate of drug-likeness (QED) is 0.643. The fourth-order valence-electron chi connectivity index (χ4n) is 3.57. The molecule has 1 unspecified atom stereocenters. The summed E-state index contributed by atoms with van der Waals surface area (Å²) in [5, 5.41) is 0.494. The van der Waals surface area contributed by atoms with E-state index in [1.165, 1.54) is 4.90 Å². The van der Waals surface area contributed by atoms with Crippen molar-refractivity contribution < 1.29 is 23.1 Å². The van der Waals surface area contributed by atoms with E-state index in [1.54, 1.807) is 38.1 Å². The van der Waals surface area contributed by atoms with Crippen LogP contribution in [-0.2, 0) is 20.9 Å². The minimum Gasteiger partial charge on any atom is -0.463 e. The molecule has 1 heterocycles. The van der Waals surface area contributed by atoms with Crippen molar-refractivity contribution in [3.8, 4) is 0 Å². The molecule has 1 atom stereocenters. The fourth-order valence-corrected chi connectivity index (χ4v) is 3.77. The van der Waals surface area contributed by atoms with E-state index in [0.29, 0.717) is 21.9 Å². The molecule has 7 heteroatoms. The number of esters is 1. The lowest BCUT2D eigenvalue weighted by Crippen LogP contribution is -2.38. The number of halogens is 3. The predicted molar refractivity (Wildman–Crippen MR) is 105 cm³/mol. The standard InChI is InChI=1S/C22H20ClF2NO3/c1-3-29-22(28)21-13(2)26(12-14-7-17(24)10-18(25)8-14)20(27)11-19(21)15-5-4-6-16(23)9-15/h4-10,19H,3,11-12H2,1-2H3. The molecule has 1 amide bonds. The van der Waals surface area contributed by atoms with Gasteiger partial charge in [-0.25, -0.2) is 13.6 Å². The first kappa shape index (κ1) is 21.0. The molecule has 0 saturated carbocycles. The third kappa shape index (κ3) is 4.65. The highest BCUT2D eigenvalue weighted by Crippen LogP contribution is 2.38. The predicted octanol–water partition coefficient (Wildman–Crippen LogP) is 4.97. The van der Waals surface area contributed by atoms with E-state index in [2.05, 4.69) is 0 Å². The number of carbonyl (C=O) groups excluding carboxylic acids is 2. The molecule has 0 bridgehead atoms. The largest absolute Gasteiger partial charge is 0.463 e. The van der Waals surface area contributed by atoms with Crippen LogP contribution < -0.4 is 0 Å². The molecule has 29 heavy (non-hydrogen) atoms. The van der Waals surface area contributed by atoms with Crippen LogP contribution in [0.5, 0.6) is 0 Å². The third-order valence-electron chi connectivity index (χ3n) is 4.83. The minimum absolute atomic E-state index is 0.0175. The summed E-state index contributed by atoms with van der Waals surface area (Å²) in [6, 6.07) is 10.1. The van der Waals surface area contributed by atoms with Gasteiger partial charge in [0.2, 0.25) is 5.91 Å². The zero-order valence-corrected chi connectivity index (χ0v) is 16.8. The Morgan fingerprint density at radius 1 is 1.21 bits per heavy atom. The van der Waals surface area contributed by atoms with Crippen molar-refractivity contribution in [2.75, 3.05) is 6.61 Å². The van der Waals surface area contributed by atoms with Crippen molar-refractivity contribution in [1.29, 1.82) is 0 Å². The molecule has 1 aliphatic rings. The van der Waals surface area contributed by atoms with Gasteiger partial charge in [0.1, 0.15) is 11.6 Å². The van der Waals surface area contributed by atoms with Crippen LogP contribution in [0.25, 0.3) is 0 Å². The zero-order chi connectivity index (χ0) is 21.1. The number of hydrogen-bond acceptors (Lipinski definition) is 3. The Balaban J connectivity index is 2.04. The lowest BCUT2D eigenvalue weighted by Gasteiger charge is -2.34. The van der Waals surface area contributed by atoms with Crippen LogP contribution in [0.2, 0.25) is 5.02 Å². The summed E-state index contributed by atoms with van der Waals surface area (Å²) in [4.78, 5) is 27.0. The maximum Gasteiger partial charge on any atom is 0.336 e. The van der Waals surface area contributed by atoms with Crippen molar-refractivity contribution in [3.05, 3.63) is 81.5 Å². The second kappa shape index (κ2) is 8.74. The van der Waals surface area contributed by atoms with E-state index in [-0.39, 0.29) is 25.5 Å². The van der Waals surface area contributed by atoms with Crippen LogP contribution in [0.4, 0.5) is 8.78 Å². The molecule has 0 saturated heterocycles. The molecule has 0 radical (unpaired) electrons. The summed E-state index contributed by atoms with van der Waals surface area (Å²) in [7, 11) is 0. The van der Waals surface area contributed by atoms with E-state index in [1.807, 2.05) is 0 Å². The molecule has 1 aliphatic heterocycles. The van der Waals surface area contributed by atoms with Crippen molar-refractivity contribution in [2.24, 2.45) is 0 Å². The molecule has 0 aromatic heterocycles. The average molecular weight is 420 g/mol. The van der Waals surface area contributed by atoms with Gasteiger partial charge < -0.3 is 9.64 Å². The number of benzene rings is 2. The number of ether oxygens (including phenoxy) is 1. The van der Waals surface area contributed by atoms with Crippen LogP contribution in [0, 0.1) is 11.6 Å². The lowest BCUT2D eigenvalue weighted by atomic mass is 9.83. The Labute approximate surface area is 172 Å². The monoisotopic (exact) mass is 419 g/mol. The topological polar surface area (TPSA) is 46.6 Å². The zero-order valence-electron chi connectivity index (χ0n) is 16.0. The van der Waals surface area contributed by atoms with Gasteiger partial charge in [-0.05, 0) is 49.2 Å². The first-order chi connectivity index (χ1) is 13.8.